The van der Waals surface area contributed by atoms with Crippen molar-refractivity contribution in [2.24, 2.45) is 5.50 Å². The first-order valence-electron chi connectivity index (χ1n) is 2.11. The van der Waals surface area contributed by atoms with E-state index in [0.717, 1.165) is 0 Å². The van der Waals surface area contributed by atoms with Crippen LogP contribution in [0.15, 0.2) is 0 Å². The molecule has 0 aromatic rings. The lowest BCUT2D eigenvalue weighted by Gasteiger charge is -2.06. The van der Waals surface area contributed by atoms with Gasteiger partial charge in [0.05, 0.1) is 6.61 Å². The lowest BCUT2D eigenvalue weighted by molar-refractivity contribution is 0.314. The fourth-order valence-electron chi connectivity index (χ4n) is 0.195. The van der Waals surface area contributed by atoms with Gasteiger partial charge in [0, 0.05) is 0 Å². The molecule has 0 saturated heterocycles. The number of rotatable bonds is 3. The van der Waals surface area contributed by atoms with Crippen LogP contribution in [0.4, 0.5) is 0 Å². The highest BCUT2D eigenvalue weighted by Gasteiger charge is 2.01. The molecule has 0 aliphatic heterocycles. The Hall–Kier alpha value is 0.530. The maximum absolute atomic E-state index is 8.60. The van der Waals surface area contributed by atoms with Crippen LogP contribution in [0.25, 0.3) is 0 Å². The molecule has 0 aromatic heterocycles. The van der Waals surface area contributed by atoms with E-state index in [0.29, 0.717) is 13.0 Å². The molecule has 0 aromatic carbocycles. The van der Waals surface area contributed by atoms with E-state index in [9.17, 15) is 0 Å². The Labute approximate surface area is 54.1 Å². The van der Waals surface area contributed by atoms with Gasteiger partial charge in [-0.1, -0.05) is 6.92 Å². The van der Waals surface area contributed by atoms with Crippen molar-refractivity contribution < 1.29 is 9.42 Å². The van der Waals surface area contributed by atoms with Gasteiger partial charge in [-0.15, -0.1) is 0 Å². The molecule has 3 N–H and O–H groups in total. The summed E-state index contributed by atoms with van der Waals surface area (Å²) in [6.07, 6.45) is 0.580. The molecule has 0 aliphatic carbocycles. The summed E-state index contributed by atoms with van der Waals surface area (Å²) < 4.78 is 4.58. The maximum atomic E-state index is 8.60. The van der Waals surface area contributed by atoms with Crippen LogP contribution in [-0.4, -0.2) is 11.5 Å². The van der Waals surface area contributed by atoms with Crippen molar-refractivity contribution in [3.05, 3.63) is 6.92 Å². The van der Waals surface area contributed by atoms with Gasteiger partial charge in [0.1, 0.15) is 0 Å². The third kappa shape index (κ3) is 6.53. The van der Waals surface area contributed by atoms with Crippen LogP contribution in [0, 0.1) is 6.92 Å². The molecule has 5 heteroatoms. The smallest absolute Gasteiger partial charge is 0.255 e. The standard InChI is InChI=1S/C3H9NO2PS/c1-2-3-6-7(4,5)8/h1-3H2,(H3,4,5,8). The molecule has 0 fully saturated rings. The predicted molar refractivity (Wildman–Crippen MR) is 36.6 cm³/mol. The zero-order chi connectivity index (χ0) is 6.62. The van der Waals surface area contributed by atoms with Crippen LogP contribution in [0.1, 0.15) is 6.42 Å². The summed E-state index contributed by atoms with van der Waals surface area (Å²) in [4.78, 5) is 8.60. The molecule has 1 radical (unpaired) electrons. The average molecular weight is 154 g/mol. The first kappa shape index (κ1) is 8.53. The first-order valence-corrected chi connectivity index (χ1v) is 4.85. The van der Waals surface area contributed by atoms with E-state index < -0.39 is 6.64 Å². The Kier molecular flexibility index (Phi) is 3.77. The molecule has 0 aliphatic rings. The maximum Gasteiger partial charge on any atom is 0.255 e. The molecule has 49 valence electrons. The third-order valence-corrected chi connectivity index (χ3v) is 1.29. The Morgan fingerprint density at radius 2 is 2.38 bits per heavy atom. The summed E-state index contributed by atoms with van der Waals surface area (Å²) in [5.41, 5.74) is 4.95. The zero-order valence-corrected chi connectivity index (χ0v) is 6.12. The van der Waals surface area contributed by atoms with Gasteiger partial charge in [-0.25, -0.2) is 0 Å². The van der Waals surface area contributed by atoms with Crippen molar-refractivity contribution in [3.8, 4) is 0 Å². The monoisotopic (exact) mass is 154 g/mol. The lowest BCUT2D eigenvalue weighted by Crippen LogP contribution is -1.98. The van der Waals surface area contributed by atoms with Gasteiger partial charge in [0.2, 0.25) is 0 Å². The molecular formula is C3H9NO2PS. The van der Waals surface area contributed by atoms with E-state index >= 15 is 0 Å². The molecule has 3 nitrogen and oxygen atoms in total. The molecule has 0 heterocycles. The van der Waals surface area contributed by atoms with Crippen molar-refractivity contribution in [1.29, 1.82) is 0 Å². The average Bonchev–Trinajstić information content (AvgIpc) is 1.59. The quantitative estimate of drug-likeness (QED) is 0.578. The SMILES string of the molecule is [CH2]CCOP(N)(O)=S. The van der Waals surface area contributed by atoms with Gasteiger partial charge in [-0.2, -0.15) is 0 Å². The molecule has 8 heavy (non-hydrogen) atoms. The van der Waals surface area contributed by atoms with Crippen molar-refractivity contribution in [2.45, 2.75) is 6.42 Å². The topological polar surface area (TPSA) is 55.5 Å². The van der Waals surface area contributed by atoms with Crippen molar-refractivity contribution >= 4 is 18.4 Å². The molecule has 0 bridgehead atoms. The van der Waals surface area contributed by atoms with Crippen molar-refractivity contribution in [3.63, 3.8) is 0 Å². The zero-order valence-electron chi connectivity index (χ0n) is 4.41. The van der Waals surface area contributed by atoms with Crippen LogP contribution in [0.3, 0.4) is 0 Å². The minimum Gasteiger partial charge on any atom is -0.334 e. The van der Waals surface area contributed by atoms with Gasteiger partial charge in [-0.3, -0.25) is 5.50 Å². The van der Waals surface area contributed by atoms with E-state index in [2.05, 4.69) is 23.3 Å². The van der Waals surface area contributed by atoms with Gasteiger partial charge >= 0.3 is 0 Å². The van der Waals surface area contributed by atoms with E-state index in [1.165, 1.54) is 0 Å². The summed E-state index contributed by atoms with van der Waals surface area (Å²) in [7, 11) is 0. The van der Waals surface area contributed by atoms with E-state index in [1.54, 1.807) is 0 Å². The summed E-state index contributed by atoms with van der Waals surface area (Å²) in [6, 6.07) is 0. The molecular weight excluding hydrogens is 145 g/mol. The summed E-state index contributed by atoms with van der Waals surface area (Å²) >= 11 is 4.34. The summed E-state index contributed by atoms with van der Waals surface area (Å²) in [5.74, 6) is 0. The Bertz CT molecular complexity index is 101. The highest BCUT2D eigenvalue weighted by atomic mass is 32.5. The van der Waals surface area contributed by atoms with Gasteiger partial charge in [-0.05, 0) is 18.2 Å². The number of hydrogen-bond acceptors (Lipinski definition) is 2. The molecule has 1 atom stereocenters. The molecule has 1 unspecified atom stereocenters. The van der Waals surface area contributed by atoms with Crippen molar-refractivity contribution in [1.82, 2.24) is 0 Å². The molecule has 0 amide bonds. The molecule has 0 rings (SSSR count). The van der Waals surface area contributed by atoms with Crippen LogP contribution >= 0.6 is 6.64 Å². The Morgan fingerprint density at radius 3 is 2.50 bits per heavy atom. The summed E-state index contributed by atoms with van der Waals surface area (Å²) in [6.45, 7) is 0.917. The van der Waals surface area contributed by atoms with E-state index in [-0.39, 0.29) is 0 Å². The second-order valence-electron chi connectivity index (χ2n) is 1.25. The fourth-order valence-corrected chi connectivity index (χ4v) is 0.810. The lowest BCUT2D eigenvalue weighted by atomic mass is 10.5. The largest absolute Gasteiger partial charge is 0.334 e. The van der Waals surface area contributed by atoms with E-state index in [1.807, 2.05) is 0 Å². The highest BCUT2D eigenvalue weighted by Crippen LogP contribution is 2.31. The Morgan fingerprint density at radius 1 is 1.88 bits per heavy atom. The minimum atomic E-state index is -2.89. The number of hydrogen-bond donors (Lipinski definition) is 2. The van der Waals surface area contributed by atoms with Crippen LogP contribution < -0.4 is 5.50 Å². The second-order valence-corrected chi connectivity index (χ2v) is 4.21. The highest BCUT2D eigenvalue weighted by molar-refractivity contribution is 8.08. The van der Waals surface area contributed by atoms with Crippen molar-refractivity contribution in [2.75, 3.05) is 6.61 Å². The molecule has 0 spiro atoms. The molecule has 0 saturated carbocycles. The van der Waals surface area contributed by atoms with Crippen LogP contribution in [-0.2, 0) is 16.3 Å². The van der Waals surface area contributed by atoms with Crippen LogP contribution in [0.5, 0.6) is 0 Å². The van der Waals surface area contributed by atoms with E-state index in [4.69, 9.17) is 10.4 Å². The number of nitrogens with two attached hydrogens (primary N) is 1. The van der Waals surface area contributed by atoms with Gasteiger partial charge < -0.3 is 9.42 Å². The van der Waals surface area contributed by atoms with Gasteiger partial charge in [0.25, 0.3) is 6.64 Å². The van der Waals surface area contributed by atoms with Gasteiger partial charge in [0.15, 0.2) is 0 Å². The summed E-state index contributed by atoms with van der Waals surface area (Å²) in [5, 5.41) is 0. The second kappa shape index (κ2) is 3.54. The first-order chi connectivity index (χ1) is 3.56. The Balaban J connectivity index is 3.26. The third-order valence-electron chi connectivity index (χ3n) is 0.421. The normalized spacial score (nSPS) is 17.9. The fraction of sp³-hybridized carbons (Fsp3) is 0.667. The van der Waals surface area contributed by atoms with Crippen LogP contribution in [0.2, 0.25) is 0 Å². The predicted octanol–water partition coefficient (Wildman–Crippen LogP) is 0.403. The minimum absolute atomic E-state index is 0.338.